The number of amides is 2. The Morgan fingerprint density at radius 2 is 1.52 bits per heavy atom. The van der Waals surface area contributed by atoms with Crippen LogP contribution in [-0.2, 0) is 26.2 Å². The van der Waals surface area contributed by atoms with Crippen molar-refractivity contribution in [2.75, 3.05) is 24.6 Å². The minimum atomic E-state index is -4.20. The van der Waals surface area contributed by atoms with E-state index in [9.17, 15) is 18.0 Å². The number of para-hydroxylation sites is 2. The van der Waals surface area contributed by atoms with E-state index in [1.807, 2.05) is 39.8 Å². The second-order valence-electron chi connectivity index (χ2n) is 10.8. The summed E-state index contributed by atoms with van der Waals surface area (Å²) in [6, 6.07) is 21.0. The third-order valence-electron chi connectivity index (χ3n) is 6.44. The lowest BCUT2D eigenvalue weighted by Gasteiger charge is -2.35. The fraction of sp³-hybridized carbons (Fsp3) is 0.375. The van der Waals surface area contributed by atoms with Crippen LogP contribution in [0.3, 0.4) is 0 Å². The molecule has 0 saturated carbocycles. The molecule has 2 amide bonds. The van der Waals surface area contributed by atoms with Crippen LogP contribution in [0.5, 0.6) is 11.5 Å². The van der Waals surface area contributed by atoms with Crippen molar-refractivity contribution in [2.24, 2.45) is 0 Å². The van der Waals surface area contributed by atoms with E-state index in [0.29, 0.717) is 24.5 Å². The number of nitrogens with one attached hydrogen (secondary N) is 1. The molecule has 10 heteroatoms. The third-order valence-corrected chi connectivity index (χ3v) is 8.21. The molecule has 42 heavy (non-hydrogen) atoms. The average Bonchev–Trinajstić information content (AvgIpc) is 2.96. The zero-order valence-corrected chi connectivity index (χ0v) is 26.0. The van der Waals surface area contributed by atoms with E-state index in [4.69, 9.17) is 9.47 Å². The predicted octanol–water partition coefficient (Wildman–Crippen LogP) is 5.01. The van der Waals surface area contributed by atoms with Crippen LogP contribution in [-0.4, -0.2) is 57.0 Å². The maximum atomic E-state index is 14.2. The molecule has 9 nitrogen and oxygen atoms in total. The summed E-state index contributed by atoms with van der Waals surface area (Å²) in [5.41, 5.74) is 0.463. The van der Waals surface area contributed by atoms with E-state index in [1.54, 1.807) is 68.6 Å². The van der Waals surface area contributed by atoms with Crippen LogP contribution in [0.1, 0.15) is 46.6 Å². The molecular weight excluding hydrogens is 554 g/mol. The van der Waals surface area contributed by atoms with Crippen molar-refractivity contribution in [1.82, 2.24) is 10.2 Å². The molecule has 0 radical (unpaired) electrons. The Kier molecular flexibility index (Phi) is 11.0. The van der Waals surface area contributed by atoms with Gasteiger partial charge < -0.3 is 19.7 Å². The first-order valence-electron chi connectivity index (χ1n) is 13.9. The molecule has 3 aromatic carbocycles. The van der Waals surface area contributed by atoms with Gasteiger partial charge in [-0.1, -0.05) is 49.4 Å². The standard InChI is InChI=1S/C32H41N3O6S/c1-7-27(31(37)33-32(3,4)5)34(22-24-18-20-25(40-6)21-19-24)30(36)23-35(28-16-12-13-17-29(28)41-8-2)42(38,39)26-14-10-9-11-15-26/h9-21,27H,7-8,22-23H2,1-6H3,(H,33,37). The van der Waals surface area contributed by atoms with E-state index in [2.05, 4.69) is 5.32 Å². The number of carbonyl (C=O) groups excluding carboxylic acids is 2. The second kappa shape index (κ2) is 14.2. The number of hydrogen-bond donors (Lipinski definition) is 1. The molecule has 1 unspecified atom stereocenters. The highest BCUT2D eigenvalue weighted by molar-refractivity contribution is 7.92. The van der Waals surface area contributed by atoms with Gasteiger partial charge >= 0.3 is 0 Å². The molecule has 0 fully saturated rings. The van der Waals surface area contributed by atoms with Gasteiger partial charge in [0.15, 0.2) is 0 Å². The van der Waals surface area contributed by atoms with Crippen molar-refractivity contribution in [3.63, 3.8) is 0 Å². The van der Waals surface area contributed by atoms with E-state index in [1.165, 1.54) is 17.0 Å². The SMILES string of the molecule is CCOc1ccccc1N(CC(=O)N(Cc1ccc(OC)cc1)C(CC)C(=O)NC(C)(C)C)S(=O)(=O)c1ccccc1. The number of carbonyl (C=O) groups is 2. The summed E-state index contributed by atoms with van der Waals surface area (Å²) in [5.74, 6) is 0.125. The molecule has 0 spiro atoms. The number of nitrogens with zero attached hydrogens (tertiary/aromatic N) is 2. The Balaban J connectivity index is 2.10. The molecule has 3 aromatic rings. The lowest BCUT2D eigenvalue weighted by atomic mass is 10.1. The minimum Gasteiger partial charge on any atom is -0.497 e. The minimum absolute atomic E-state index is 0.0309. The fourth-order valence-electron chi connectivity index (χ4n) is 4.47. The second-order valence-corrected chi connectivity index (χ2v) is 12.6. The number of benzene rings is 3. The smallest absolute Gasteiger partial charge is 0.264 e. The van der Waals surface area contributed by atoms with Crippen LogP contribution in [0.2, 0.25) is 0 Å². The highest BCUT2D eigenvalue weighted by Gasteiger charge is 2.35. The summed E-state index contributed by atoms with van der Waals surface area (Å²) in [7, 11) is -2.63. The predicted molar refractivity (Wildman–Crippen MR) is 164 cm³/mol. The Labute approximate surface area is 249 Å². The maximum Gasteiger partial charge on any atom is 0.264 e. The summed E-state index contributed by atoms with van der Waals surface area (Å²) in [4.78, 5) is 29.2. The highest BCUT2D eigenvalue weighted by Crippen LogP contribution is 2.33. The van der Waals surface area contributed by atoms with Crippen LogP contribution in [0.15, 0.2) is 83.8 Å². The first kappa shape index (κ1) is 32.5. The zero-order valence-electron chi connectivity index (χ0n) is 25.2. The maximum absolute atomic E-state index is 14.2. The summed E-state index contributed by atoms with van der Waals surface area (Å²) in [6.07, 6.45) is 0.324. The van der Waals surface area contributed by atoms with Crippen molar-refractivity contribution in [1.29, 1.82) is 0 Å². The summed E-state index contributed by atoms with van der Waals surface area (Å²) < 4.78 is 40.2. The van der Waals surface area contributed by atoms with Crippen molar-refractivity contribution < 1.29 is 27.5 Å². The van der Waals surface area contributed by atoms with Gasteiger partial charge in [-0.05, 0) is 76.1 Å². The fourth-order valence-corrected chi connectivity index (χ4v) is 5.92. The number of ether oxygens (including phenoxy) is 2. The number of anilines is 1. The number of methoxy groups -OCH3 is 1. The van der Waals surface area contributed by atoms with E-state index in [-0.39, 0.29) is 23.0 Å². The van der Waals surface area contributed by atoms with Gasteiger partial charge in [0.05, 0.1) is 24.3 Å². The molecule has 226 valence electrons. The molecular formula is C32H41N3O6S. The Hall–Kier alpha value is -4.05. The lowest BCUT2D eigenvalue weighted by molar-refractivity contribution is -0.141. The Morgan fingerprint density at radius 1 is 0.905 bits per heavy atom. The monoisotopic (exact) mass is 595 g/mol. The van der Waals surface area contributed by atoms with Gasteiger partial charge in [-0.2, -0.15) is 0 Å². The molecule has 1 atom stereocenters. The number of sulfonamides is 1. The van der Waals surface area contributed by atoms with Gasteiger partial charge in [-0.3, -0.25) is 13.9 Å². The third kappa shape index (κ3) is 8.25. The molecule has 0 saturated heterocycles. The summed E-state index contributed by atoms with van der Waals surface area (Å²) in [5, 5.41) is 2.97. The number of hydrogen-bond acceptors (Lipinski definition) is 6. The lowest BCUT2D eigenvalue weighted by Crippen LogP contribution is -2.55. The van der Waals surface area contributed by atoms with Crippen LogP contribution in [0.4, 0.5) is 5.69 Å². The molecule has 3 rings (SSSR count). The van der Waals surface area contributed by atoms with Gasteiger partial charge in [0, 0.05) is 12.1 Å². The van der Waals surface area contributed by atoms with Crippen LogP contribution in [0, 0.1) is 0 Å². The molecule has 1 N–H and O–H groups in total. The highest BCUT2D eigenvalue weighted by atomic mass is 32.2. The van der Waals surface area contributed by atoms with E-state index < -0.39 is 34.1 Å². The van der Waals surface area contributed by atoms with Gasteiger partial charge in [-0.25, -0.2) is 8.42 Å². The van der Waals surface area contributed by atoms with Crippen LogP contribution >= 0.6 is 0 Å². The van der Waals surface area contributed by atoms with Crippen molar-refractivity contribution in [3.05, 3.63) is 84.4 Å². The quantitative estimate of drug-likeness (QED) is 0.298. The number of rotatable bonds is 13. The largest absolute Gasteiger partial charge is 0.497 e. The summed E-state index contributed by atoms with van der Waals surface area (Å²) in [6.45, 7) is 9.07. The molecule has 0 aromatic heterocycles. The van der Waals surface area contributed by atoms with Crippen molar-refractivity contribution >= 4 is 27.5 Å². The molecule has 0 bridgehead atoms. The van der Waals surface area contributed by atoms with Crippen LogP contribution in [0.25, 0.3) is 0 Å². The van der Waals surface area contributed by atoms with Gasteiger partial charge in [-0.15, -0.1) is 0 Å². The van der Waals surface area contributed by atoms with Gasteiger partial charge in [0.2, 0.25) is 11.8 Å². The Bertz CT molecular complexity index is 1440. The normalized spacial score (nSPS) is 12.2. The Morgan fingerprint density at radius 3 is 2.10 bits per heavy atom. The summed E-state index contributed by atoms with van der Waals surface area (Å²) >= 11 is 0. The van der Waals surface area contributed by atoms with Crippen molar-refractivity contribution in [2.45, 2.75) is 64.1 Å². The first-order valence-corrected chi connectivity index (χ1v) is 15.4. The molecule has 0 aliphatic carbocycles. The average molecular weight is 596 g/mol. The van der Waals surface area contributed by atoms with E-state index in [0.717, 1.165) is 9.87 Å². The zero-order chi connectivity index (χ0) is 30.9. The van der Waals surface area contributed by atoms with Gasteiger partial charge in [0.1, 0.15) is 24.1 Å². The molecule has 0 aliphatic heterocycles. The molecule has 0 aliphatic rings. The van der Waals surface area contributed by atoms with Gasteiger partial charge in [0.25, 0.3) is 10.0 Å². The van der Waals surface area contributed by atoms with E-state index >= 15 is 0 Å². The molecule has 0 heterocycles. The first-order chi connectivity index (χ1) is 19.9. The van der Waals surface area contributed by atoms with Crippen LogP contribution < -0.4 is 19.1 Å². The topological polar surface area (TPSA) is 105 Å². The van der Waals surface area contributed by atoms with Crippen molar-refractivity contribution in [3.8, 4) is 11.5 Å².